The van der Waals surface area contributed by atoms with Crippen LogP contribution in [0.15, 0.2) is 91.1 Å². The van der Waals surface area contributed by atoms with E-state index in [4.69, 9.17) is 6.42 Å². The summed E-state index contributed by atoms with van der Waals surface area (Å²) >= 11 is 0. The van der Waals surface area contributed by atoms with E-state index in [1.807, 2.05) is 36.4 Å². The molecule has 11 heteroatoms. The minimum absolute atomic E-state index is 0.122. The van der Waals surface area contributed by atoms with Gasteiger partial charge in [0.1, 0.15) is 0 Å². The van der Waals surface area contributed by atoms with Gasteiger partial charge >= 0.3 is 6.18 Å². The highest BCUT2D eigenvalue weighted by Gasteiger charge is 2.28. The van der Waals surface area contributed by atoms with Gasteiger partial charge in [0.25, 0.3) is 11.8 Å². The zero-order valence-electron chi connectivity index (χ0n) is 29.0. The van der Waals surface area contributed by atoms with Gasteiger partial charge in [-0.3, -0.25) is 9.59 Å². The molecule has 1 aromatic heterocycles. The van der Waals surface area contributed by atoms with Crippen molar-refractivity contribution in [2.75, 3.05) is 36.9 Å². The third-order valence-electron chi connectivity index (χ3n) is 9.04. The summed E-state index contributed by atoms with van der Waals surface area (Å²) in [4.78, 5) is 28.2. The molecule has 6 rings (SSSR count). The molecular weight excluding hydrogens is 667 g/mol. The smallest absolute Gasteiger partial charge is 0.422 e. The molecule has 3 aromatic carbocycles. The summed E-state index contributed by atoms with van der Waals surface area (Å²) in [6.45, 7) is 1.74. The van der Waals surface area contributed by atoms with Gasteiger partial charge in [0.15, 0.2) is 6.61 Å². The summed E-state index contributed by atoms with van der Waals surface area (Å²) in [6.07, 6.45) is 10.5. The molecule has 4 N–H and O–H groups in total. The Balaban J connectivity index is 0.000000202. The minimum Gasteiger partial charge on any atom is -0.468 e. The molecule has 2 amide bonds. The maximum Gasteiger partial charge on any atom is 0.422 e. The van der Waals surface area contributed by atoms with Crippen LogP contribution in [0.4, 0.5) is 24.5 Å². The van der Waals surface area contributed by atoms with Gasteiger partial charge in [-0.25, -0.2) is 4.98 Å². The number of amides is 2. The number of piperidine rings is 2. The maximum absolute atomic E-state index is 12.3. The molecule has 0 aliphatic carbocycles. The number of alkyl halides is 3. The van der Waals surface area contributed by atoms with Crippen LogP contribution in [0.1, 0.15) is 81.8 Å². The number of rotatable bonds is 10. The number of hydrogen-bond donors (Lipinski definition) is 4. The summed E-state index contributed by atoms with van der Waals surface area (Å²) in [6, 6.07) is 26.1. The monoisotopic (exact) mass is 711 g/mol. The fraction of sp³-hybridized carbons (Fsp3) is 0.341. The van der Waals surface area contributed by atoms with Crippen LogP contribution >= 0.6 is 0 Å². The molecular formula is C41H44F3N5O3. The summed E-state index contributed by atoms with van der Waals surface area (Å²) < 4.78 is 40.9. The van der Waals surface area contributed by atoms with Crippen LogP contribution in [0.5, 0.6) is 5.88 Å². The van der Waals surface area contributed by atoms with Crippen LogP contribution in [0.2, 0.25) is 0 Å². The normalized spacial score (nSPS) is 17.1. The summed E-state index contributed by atoms with van der Waals surface area (Å²) in [7, 11) is 0. The second-order valence-electron chi connectivity index (χ2n) is 13.0. The predicted octanol–water partition coefficient (Wildman–Crippen LogP) is 7.74. The van der Waals surface area contributed by atoms with Crippen LogP contribution in [-0.2, 0) is 6.42 Å². The second kappa shape index (κ2) is 18.9. The first-order valence-corrected chi connectivity index (χ1v) is 17.6. The summed E-state index contributed by atoms with van der Waals surface area (Å²) in [5.74, 6) is 2.33. The first-order chi connectivity index (χ1) is 25.1. The highest BCUT2D eigenvalue weighted by Crippen LogP contribution is 2.25. The van der Waals surface area contributed by atoms with Crippen molar-refractivity contribution in [1.82, 2.24) is 15.6 Å². The largest absolute Gasteiger partial charge is 0.468 e. The number of aromatic nitrogens is 1. The number of ether oxygens (including phenoxy) is 1. The molecule has 0 bridgehead atoms. The molecule has 52 heavy (non-hydrogen) atoms. The van der Waals surface area contributed by atoms with Gasteiger partial charge in [0.05, 0.1) is 5.56 Å². The molecule has 2 aliphatic heterocycles. The zero-order valence-corrected chi connectivity index (χ0v) is 29.0. The van der Waals surface area contributed by atoms with Crippen molar-refractivity contribution in [2.45, 2.75) is 63.1 Å². The van der Waals surface area contributed by atoms with Gasteiger partial charge in [-0.1, -0.05) is 36.6 Å². The topological polar surface area (TPSA) is 104 Å². The summed E-state index contributed by atoms with van der Waals surface area (Å²) in [5, 5.41) is 12.6. The number of hydrogen-bond acceptors (Lipinski definition) is 6. The minimum atomic E-state index is -4.43. The number of anilines is 2. The number of benzene rings is 3. The number of carbonyl (C=O) groups is 2. The molecule has 2 aliphatic rings. The van der Waals surface area contributed by atoms with Gasteiger partial charge in [-0.2, -0.15) is 13.2 Å². The number of nitrogens with one attached hydrogen (secondary N) is 4. The Bertz CT molecular complexity index is 1760. The van der Waals surface area contributed by atoms with E-state index in [1.165, 1.54) is 55.1 Å². The molecule has 2 saturated heterocycles. The third-order valence-corrected chi connectivity index (χ3v) is 9.04. The van der Waals surface area contributed by atoms with Crippen molar-refractivity contribution >= 4 is 23.2 Å². The lowest BCUT2D eigenvalue weighted by Crippen LogP contribution is -2.34. The highest BCUT2D eigenvalue weighted by atomic mass is 19.4. The van der Waals surface area contributed by atoms with Crippen LogP contribution in [-0.4, -0.2) is 55.3 Å². The highest BCUT2D eigenvalue weighted by molar-refractivity contribution is 6.04. The van der Waals surface area contributed by atoms with E-state index in [2.05, 4.69) is 49.0 Å². The Labute approximate surface area is 303 Å². The quantitative estimate of drug-likeness (QED) is 0.126. The van der Waals surface area contributed by atoms with Gasteiger partial charge in [-0.15, -0.1) is 6.42 Å². The van der Waals surface area contributed by atoms with Crippen molar-refractivity contribution in [2.24, 2.45) is 0 Å². The van der Waals surface area contributed by atoms with Gasteiger partial charge < -0.3 is 26.0 Å². The molecule has 3 heterocycles. The number of halogens is 3. The Kier molecular flexibility index (Phi) is 13.8. The molecule has 2 fully saturated rings. The SMILES string of the molecule is C#Cc1ccc(C(=O)Nc2ccc(CCC3CCCCN3)cc2)cc1.O=C(Nc1ccc(C2CCCNC2)cc1)c1ccc(OCC(F)(F)F)nc1. The molecule has 8 nitrogen and oxygen atoms in total. The average molecular weight is 712 g/mol. The van der Waals surface area contributed by atoms with Crippen molar-refractivity contribution in [3.63, 3.8) is 0 Å². The van der Waals surface area contributed by atoms with Gasteiger partial charge in [0, 0.05) is 47.4 Å². The molecule has 4 aromatic rings. The fourth-order valence-electron chi connectivity index (χ4n) is 6.12. The molecule has 0 saturated carbocycles. The lowest BCUT2D eigenvalue weighted by molar-refractivity contribution is -0.154. The number of pyridine rings is 1. The fourth-order valence-corrected chi connectivity index (χ4v) is 6.12. The number of terminal acetylenes is 1. The van der Waals surface area contributed by atoms with E-state index in [0.717, 1.165) is 50.1 Å². The van der Waals surface area contributed by atoms with Crippen LogP contribution in [0.3, 0.4) is 0 Å². The number of carbonyl (C=O) groups excluding carboxylic acids is 2. The van der Waals surface area contributed by atoms with Gasteiger partial charge in [0.2, 0.25) is 5.88 Å². The number of aryl methyl sites for hydroxylation is 1. The van der Waals surface area contributed by atoms with Crippen LogP contribution < -0.4 is 26.0 Å². The third kappa shape index (κ3) is 12.2. The first-order valence-electron chi connectivity index (χ1n) is 17.6. The first kappa shape index (κ1) is 38.1. The Hall–Kier alpha value is -5.18. The van der Waals surface area contributed by atoms with Crippen LogP contribution in [0.25, 0.3) is 0 Å². The molecule has 0 radical (unpaired) electrons. The van der Waals surface area contributed by atoms with E-state index < -0.39 is 18.7 Å². The van der Waals surface area contributed by atoms with Crippen LogP contribution in [0, 0.1) is 12.3 Å². The zero-order chi connectivity index (χ0) is 36.8. The van der Waals surface area contributed by atoms with E-state index in [1.54, 1.807) is 24.3 Å². The van der Waals surface area contributed by atoms with E-state index in [9.17, 15) is 22.8 Å². The molecule has 2 unspecified atom stereocenters. The molecule has 272 valence electrons. The molecule has 0 spiro atoms. The molecule has 2 atom stereocenters. The van der Waals surface area contributed by atoms with Crippen molar-refractivity contribution in [3.05, 3.63) is 119 Å². The lowest BCUT2D eigenvalue weighted by atomic mass is 9.92. The van der Waals surface area contributed by atoms with Crippen molar-refractivity contribution in [1.29, 1.82) is 0 Å². The van der Waals surface area contributed by atoms with Crippen molar-refractivity contribution < 1.29 is 27.5 Å². The van der Waals surface area contributed by atoms with E-state index >= 15 is 0 Å². The van der Waals surface area contributed by atoms with E-state index in [0.29, 0.717) is 23.2 Å². The Morgan fingerprint density at radius 2 is 1.50 bits per heavy atom. The Morgan fingerprint density at radius 3 is 2.08 bits per heavy atom. The predicted molar refractivity (Wildman–Crippen MR) is 198 cm³/mol. The van der Waals surface area contributed by atoms with Gasteiger partial charge in [-0.05, 0) is 123 Å². The standard InChI is InChI=1S/C22H24N2O.C19H20F3N3O2/c1-2-17-6-11-19(12-7-17)22(25)24-21-14-9-18(10-15-21)8-13-20-5-3-4-16-23-20;20-19(21,22)12-27-17-8-5-15(11-24-17)18(26)25-16-6-3-13(4-7-16)14-2-1-9-23-10-14/h1,6-7,9-12,14-15,20,23H,3-5,8,13,16H2,(H,24,25);3-8,11,14,23H,1-2,9-10,12H2,(H,25,26). The lowest BCUT2D eigenvalue weighted by Gasteiger charge is -2.23. The number of nitrogens with zero attached hydrogens (tertiary/aromatic N) is 1. The summed E-state index contributed by atoms with van der Waals surface area (Å²) in [5.41, 5.74) is 5.60. The maximum atomic E-state index is 12.3. The van der Waals surface area contributed by atoms with Crippen molar-refractivity contribution in [3.8, 4) is 18.2 Å². The Morgan fingerprint density at radius 1 is 0.827 bits per heavy atom. The second-order valence-corrected chi connectivity index (χ2v) is 13.0. The average Bonchev–Trinajstić information content (AvgIpc) is 3.18. The van der Waals surface area contributed by atoms with E-state index in [-0.39, 0.29) is 17.4 Å².